The van der Waals surface area contributed by atoms with Gasteiger partial charge in [0.15, 0.2) is 11.1 Å². The van der Waals surface area contributed by atoms with E-state index in [0.29, 0.717) is 22.8 Å². The average molecular weight is 497 g/mol. The van der Waals surface area contributed by atoms with Crippen molar-refractivity contribution in [2.24, 2.45) is 5.92 Å². The number of nitrogens with zero attached hydrogens (tertiary/aromatic N) is 4. The molecule has 0 N–H and O–H groups in total. The van der Waals surface area contributed by atoms with Gasteiger partial charge < -0.3 is 4.90 Å². The van der Waals surface area contributed by atoms with Crippen molar-refractivity contribution in [1.82, 2.24) is 9.97 Å². The van der Waals surface area contributed by atoms with Crippen LogP contribution in [0.1, 0.15) is 34.9 Å². The maximum Gasteiger partial charge on any atom is 0.200 e. The quantitative estimate of drug-likeness (QED) is 0.353. The Kier molecular flexibility index (Phi) is 6.71. The van der Waals surface area contributed by atoms with Crippen LogP contribution in [-0.4, -0.2) is 31.5 Å². The first-order chi connectivity index (χ1) is 17.5. The summed E-state index contributed by atoms with van der Waals surface area (Å²) in [6.45, 7) is 3.37. The largest absolute Gasteiger partial charge is 0.355 e. The smallest absolute Gasteiger partial charge is 0.200 e. The van der Waals surface area contributed by atoms with Gasteiger partial charge in [-0.15, -0.1) is 0 Å². The fraction of sp³-hybridized carbons (Fsp3) is 0.276. The molecule has 0 saturated carbocycles. The highest BCUT2D eigenvalue weighted by Crippen LogP contribution is 2.35. The Hall–Kier alpha value is -3.76. The molecule has 0 spiro atoms. The van der Waals surface area contributed by atoms with Crippen LogP contribution < -0.4 is 4.90 Å². The number of aryl methyl sites for hydroxylation is 1. The van der Waals surface area contributed by atoms with Crippen molar-refractivity contribution >= 4 is 26.7 Å². The Balaban J connectivity index is 1.49. The summed E-state index contributed by atoms with van der Waals surface area (Å²) in [5, 5.41) is 8.67. The minimum atomic E-state index is -3.99. The van der Waals surface area contributed by atoms with Gasteiger partial charge in [-0.25, -0.2) is 18.4 Å². The second-order valence-corrected chi connectivity index (χ2v) is 11.4. The summed E-state index contributed by atoms with van der Waals surface area (Å²) in [5.41, 5.74) is 3.75. The fourth-order valence-electron chi connectivity index (χ4n) is 4.85. The number of hydrogen-bond donors (Lipinski definition) is 0. The number of aromatic nitrogens is 2. The Morgan fingerprint density at radius 3 is 2.17 bits per heavy atom. The summed E-state index contributed by atoms with van der Waals surface area (Å²) in [5.74, 6) is 1.04. The molecule has 7 heteroatoms. The van der Waals surface area contributed by atoms with Gasteiger partial charge in [0.25, 0.3) is 0 Å². The number of nitriles is 1. The van der Waals surface area contributed by atoms with Crippen molar-refractivity contribution in [2.75, 3.05) is 18.0 Å². The Labute approximate surface area is 212 Å². The van der Waals surface area contributed by atoms with Gasteiger partial charge in [-0.3, -0.25) is 0 Å². The number of anilines is 1. The standard InChI is InChI=1S/C29H28N4O2S/c1-21-11-13-24(14-12-21)36(34,35)27(20-30)28-29(32-26-10-6-5-9-25(26)31-28)33-17-15-23(16-18-33)19-22-7-3-2-4-8-22/h2-14,23,27H,15-19H2,1H3. The highest BCUT2D eigenvalue weighted by Gasteiger charge is 2.35. The van der Waals surface area contributed by atoms with E-state index in [4.69, 9.17) is 9.97 Å². The summed E-state index contributed by atoms with van der Waals surface area (Å²) in [4.78, 5) is 11.8. The van der Waals surface area contributed by atoms with Crippen molar-refractivity contribution in [1.29, 1.82) is 5.26 Å². The zero-order chi connectivity index (χ0) is 25.1. The van der Waals surface area contributed by atoms with Crippen LogP contribution in [0.2, 0.25) is 0 Å². The molecule has 3 aromatic carbocycles. The average Bonchev–Trinajstić information content (AvgIpc) is 2.90. The number of fused-ring (bicyclic) bond motifs is 1. The van der Waals surface area contributed by atoms with Gasteiger partial charge in [0.05, 0.1) is 22.0 Å². The Morgan fingerprint density at radius 2 is 1.53 bits per heavy atom. The van der Waals surface area contributed by atoms with E-state index in [2.05, 4.69) is 29.2 Å². The third-order valence-electron chi connectivity index (χ3n) is 6.88. The normalized spacial score (nSPS) is 15.5. The molecule has 2 heterocycles. The van der Waals surface area contributed by atoms with Crippen molar-refractivity contribution in [3.63, 3.8) is 0 Å². The van der Waals surface area contributed by atoms with Crippen LogP contribution >= 0.6 is 0 Å². The molecule has 4 aromatic rings. The van der Waals surface area contributed by atoms with Gasteiger partial charge in [0, 0.05) is 13.1 Å². The van der Waals surface area contributed by atoms with Gasteiger partial charge in [0.2, 0.25) is 9.84 Å². The predicted octanol–water partition coefficient (Wildman–Crippen LogP) is 5.44. The molecule has 0 aliphatic carbocycles. The molecule has 0 amide bonds. The van der Waals surface area contributed by atoms with E-state index in [1.165, 1.54) is 5.56 Å². The number of hydrogen-bond acceptors (Lipinski definition) is 6. The predicted molar refractivity (Wildman–Crippen MR) is 141 cm³/mol. The number of benzene rings is 3. The number of sulfone groups is 1. The summed E-state index contributed by atoms with van der Waals surface area (Å²) in [7, 11) is -3.99. The molecule has 1 unspecified atom stereocenters. The second kappa shape index (κ2) is 10.1. The van der Waals surface area contributed by atoms with E-state index in [9.17, 15) is 13.7 Å². The number of para-hydroxylation sites is 2. The lowest BCUT2D eigenvalue weighted by atomic mass is 9.90. The lowest BCUT2D eigenvalue weighted by molar-refractivity contribution is 0.402. The van der Waals surface area contributed by atoms with E-state index >= 15 is 0 Å². The SMILES string of the molecule is Cc1ccc(S(=O)(=O)C(C#N)c2nc3ccccc3nc2N2CCC(Cc3ccccc3)CC2)cc1. The molecule has 0 bridgehead atoms. The van der Waals surface area contributed by atoms with Crippen LogP contribution in [0.4, 0.5) is 5.82 Å². The number of piperidine rings is 1. The van der Waals surface area contributed by atoms with Crippen LogP contribution in [0.3, 0.4) is 0 Å². The van der Waals surface area contributed by atoms with E-state index in [1.54, 1.807) is 30.3 Å². The van der Waals surface area contributed by atoms with E-state index in [-0.39, 0.29) is 10.6 Å². The molecule has 1 aliphatic rings. The lowest BCUT2D eigenvalue weighted by Gasteiger charge is -2.34. The Morgan fingerprint density at radius 1 is 0.917 bits per heavy atom. The minimum absolute atomic E-state index is 0.113. The van der Waals surface area contributed by atoms with E-state index in [0.717, 1.165) is 37.9 Å². The third-order valence-corrected chi connectivity index (χ3v) is 8.76. The van der Waals surface area contributed by atoms with Crippen molar-refractivity contribution in [3.05, 3.63) is 95.7 Å². The molecule has 182 valence electrons. The first-order valence-electron chi connectivity index (χ1n) is 12.2. The molecule has 1 fully saturated rings. The molecular formula is C29H28N4O2S. The van der Waals surface area contributed by atoms with Gasteiger partial charge in [-0.2, -0.15) is 5.26 Å². The topological polar surface area (TPSA) is 86.9 Å². The van der Waals surface area contributed by atoms with E-state index in [1.807, 2.05) is 37.3 Å². The van der Waals surface area contributed by atoms with Gasteiger partial charge in [-0.1, -0.05) is 60.2 Å². The summed E-state index contributed by atoms with van der Waals surface area (Å²) in [6, 6.07) is 26.5. The van der Waals surface area contributed by atoms with Crippen LogP contribution in [0.15, 0.2) is 83.8 Å². The molecule has 6 nitrogen and oxygen atoms in total. The molecule has 1 aliphatic heterocycles. The monoisotopic (exact) mass is 496 g/mol. The third kappa shape index (κ3) is 4.82. The van der Waals surface area contributed by atoms with Crippen LogP contribution in [0.5, 0.6) is 0 Å². The lowest BCUT2D eigenvalue weighted by Crippen LogP contribution is -2.36. The van der Waals surface area contributed by atoms with Gasteiger partial charge >= 0.3 is 0 Å². The molecule has 5 rings (SSSR count). The molecule has 1 atom stereocenters. The van der Waals surface area contributed by atoms with Crippen molar-refractivity contribution in [2.45, 2.75) is 36.3 Å². The second-order valence-electron chi connectivity index (χ2n) is 9.41. The first kappa shape index (κ1) is 24.0. The summed E-state index contributed by atoms with van der Waals surface area (Å²) in [6.07, 6.45) is 2.95. The van der Waals surface area contributed by atoms with Gasteiger partial charge in [0.1, 0.15) is 5.69 Å². The Bertz CT molecular complexity index is 1500. The van der Waals surface area contributed by atoms with Crippen molar-refractivity contribution in [3.8, 4) is 6.07 Å². The van der Waals surface area contributed by atoms with E-state index < -0.39 is 15.1 Å². The van der Waals surface area contributed by atoms with Crippen LogP contribution in [0.25, 0.3) is 11.0 Å². The molecule has 1 saturated heterocycles. The zero-order valence-electron chi connectivity index (χ0n) is 20.2. The molecular weight excluding hydrogens is 468 g/mol. The zero-order valence-corrected chi connectivity index (χ0v) is 21.0. The highest BCUT2D eigenvalue weighted by molar-refractivity contribution is 7.92. The molecule has 1 aromatic heterocycles. The maximum atomic E-state index is 13.6. The van der Waals surface area contributed by atoms with Crippen LogP contribution in [-0.2, 0) is 16.3 Å². The highest BCUT2D eigenvalue weighted by atomic mass is 32.2. The first-order valence-corrected chi connectivity index (χ1v) is 13.8. The van der Waals surface area contributed by atoms with Crippen molar-refractivity contribution < 1.29 is 8.42 Å². The van der Waals surface area contributed by atoms with Gasteiger partial charge in [-0.05, 0) is 61.9 Å². The summed E-state index contributed by atoms with van der Waals surface area (Å²) >= 11 is 0. The van der Waals surface area contributed by atoms with Crippen LogP contribution in [0, 0.1) is 24.2 Å². The summed E-state index contributed by atoms with van der Waals surface area (Å²) < 4.78 is 27.2. The maximum absolute atomic E-state index is 13.6. The molecule has 36 heavy (non-hydrogen) atoms. The fourth-order valence-corrected chi connectivity index (χ4v) is 6.23. The number of rotatable bonds is 6. The molecule has 0 radical (unpaired) electrons. The minimum Gasteiger partial charge on any atom is -0.355 e.